The number of hydrogen-bond acceptors (Lipinski definition) is 3. The van der Waals surface area contributed by atoms with Crippen LogP contribution in [-0.4, -0.2) is 17.1 Å². The molecule has 0 amide bonds. The van der Waals surface area contributed by atoms with Crippen molar-refractivity contribution in [3.63, 3.8) is 0 Å². The molecule has 0 bridgehead atoms. The van der Waals surface area contributed by atoms with Crippen LogP contribution in [0.3, 0.4) is 0 Å². The van der Waals surface area contributed by atoms with Crippen LogP contribution in [0.5, 0.6) is 5.75 Å². The summed E-state index contributed by atoms with van der Waals surface area (Å²) in [5.74, 6) is 1.04. The van der Waals surface area contributed by atoms with E-state index < -0.39 is 0 Å². The molecule has 0 unspecified atom stereocenters. The summed E-state index contributed by atoms with van der Waals surface area (Å²) in [7, 11) is 1.50. The fourth-order valence-corrected chi connectivity index (χ4v) is 1.77. The number of ether oxygens (including phenoxy) is 1. The van der Waals surface area contributed by atoms with Crippen LogP contribution in [0, 0.1) is 6.92 Å². The van der Waals surface area contributed by atoms with Crippen molar-refractivity contribution < 1.29 is 4.74 Å². The Morgan fingerprint density at radius 3 is 2.87 bits per heavy atom. The van der Waals surface area contributed by atoms with Gasteiger partial charge in [-0.05, 0) is 19.1 Å². The quantitative estimate of drug-likeness (QED) is 0.805. The van der Waals surface area contributed by atoms with Crippen molar-refractivity contribution in [2.75, 3.05) is 7.11 Å². The largest absolute Gasteiger partial charge is 0.495 e. The van der Waals surface area contributed by atoms with Crippen molar-refractivity contribution in [1.82, 2.24) is 9.97 Å². The van der Waals surface area contributed by atoms with Gasteiger partial charge in [0.2, 0.25) is 0 Å². The number of benzene rings is 1. The number of methoxy groups -OCH3 is 1. The summed E-state index contributed by atoms with van der Waals surface area (Å²) < 4.78 is 5.03. The number of aromatic nitrogens is 2. The van der Waals surface area contributed by atoms with Crippen LogP contribution in [0.15, 0.2) is 16.9 Å². The van der Waals surface area contributed by atoms with E-state index in [-0.39, 0.29) is 5.56 Å². The molecular formula is C10H9ClN2O2. The first-order valence-corrected chi connectivity index (χ1v) is 4.74. The maximum atomic E-state index is 11.7. The number of aryl methyl sites for hydroxylation is 1. The van der Waals surface area contributed by atoms with E-state index >= 15 is 0 Å². The molecule has 1 heterocycles. The Morgan fingerprint density at radius 1 is 1.47 bits per heavy atom. The average molecular weight is 225 g/mol. The van der Waals surface area contributed by atoms with Gasteiger partial charge in [0, 0.05) is 0 Å². The molecule has 0 saturated heterocycles. The monoisotopic (exact) mass is 224 g/mol. The Bertz CT molecular complexity index is 577. The summed E-state index contributed by atoms with van der Waals surface area (Å²) in [6.45, 7) is 1.72. The van der Waals surface area contributed by atoms with Crippen molar-refractivity contribution in [3.05, 3.63) is 33.3 Å². The van der Waals surface area contributed by atoms with Crippen LogP contribution in [0.4, 0.5) is 0 Å². The van der Waals surface area contributed by atoms with Crippen molar-refractivity contribution in [2.45, 2.75) is 6.92 Å². The van der Waals surface area contributed by atoms with Crippen LogP contribution < -0.4 is 10.3 Å². The van der Waals surface area contributed by atoms with E-state index in [2.05, 4.69) is 9.97 Å². The highest BCUT2D eigenvalue weighted by molar-refractivity contribution is 6.36. The smallest absolute Gasteiger partial charge is 0.260 e. The second-order valence-electron chi connectivity index (χ2n) is 3.13. The molecule has 0 radical (unpaired) electrons. The van der Waals surface area contributed by atoms with Gasteiger partial charge in [0.1, 0.15) is 11.6 Å². The number of rotatable bonds is 1. The average Bonchev–Trinajstić information content (AvgIpc) is 2.17. The van der Waals surface area contributed by atoms with E-state index in [4.69, 9.17) is 16.3 Å². The number of nitrogens with one attached hydrogen (secondary N) is 1. The minimum atomic E-state index is -0.249. The Kier molecular flexibility index (Phi) is 2.36. The molecule has 0 aliphatic rings. The highest BCUT2D eigenvalue weighted by Gasteiger charge is 2.10. The standard InChI is InChI=1S/C10H9ClN2O2/c1-5-12-6-3-4-7(15-2)9(11)8(6)10(14)13-5/h3-4H,1-2H3,(H,12,13,14). The van der Waals surface area contributed by atoms with E-state index in [0.717, 1.165) is 0 Å². The number of hydrogen-bond donors (Lipinski definition) is 1. The summed E-state index contributed by atoms with van der Waals surface area (Å²) in [4.78, 5) is 18.4. The van der Waals surface area contributed by atoms with Gasteiger partial charge in [-0.25, -0.2) is 4.98 Å². The topological polar surface area (TPSA) is 55.0 Å². The molecule has 0 fully saturated rings. The first-order valence-electron chi connectivity index (χ1n) is 4.36. The zero-order valence-electron chi connectivity index (χ0n) is 8.30. The SMILES string of the molecule is COc1ccc2nc(C)[nH]c(=O)c2c1Cl. The van der Waals surface area contributed by atoms with Crippen molar-refractivity contribution in [1.29, 1.82) is 0 Å². The van der Waals surface area contributed by atoms with Gasteiger partial charge in [0.15, 0.2) is 0 Å². The molecule has 0 aliphatic carbocycles. The molecule has 1 aromatic carbocycles. The van der Waals surface area contributed by atoms with Crippen LogP contribution in [-0.2, 0) is 0 Å². The maximum Gasteiger partial charge on any atom is 0.260 e. The molecule has 0 saturated carbocycles. The number of nitrogens with zero attached hydrogens (tertiary/aromatic N) is 1. The summed E-state index contributed by atoms with van der Waals surface area (Å²) in [5, 5.41) is 0.658. The Balaban J connectivity index is 2.93. The molecule has 4 nitrogen and oxygen atoms in total. The van der Waals surface area contributed by atoms with Crippen LogP contribution in [0.1, 0.15) is 5.82 Å². The fourth-order valence-electron chi connectivity index (χ4n) is 1.45. The van der Waals surface area contributed by atoms with Gasteiger partial charge in [-0.1, -0.05) is 11.6 Å². The number of aromatic amines is 1. The van der Waals surface area contributed by atoms with Crippen LogP contribution in [0.2, 0.25) is 5.02 Å². The molecule has 1 N–H and O–H groups in total. The molecule has 2 rings (SSSR count). The first kappa shape index (κ1) is 9.98. The molecular weight excluding hydrogens is 216 g/mol. The summed E-state index contributed by atoms with van der Waals surface area (Å²) >= 11 is 6.01. The van der Waals surface area contributed by atoms with E-state index in [1.165, 1.54) is 7.11 Å². The predicted molar refractivity (Wildman–Crippen MR) is 58.7 cm³/mol. The fraction of sp³-hybridized carbons (Fsp3) is 0.200. The highest BCUT2D eigenvalue weighted by Crippen LogP contribution is 2.29. The van der Waals surface area contributed by atoms with Crippen LogP contribution >= 0.6 is 11.6 Å². The van der Waals surface area contributed by atoms with Crippen LogP contribution in [0.25, 0.3) is 10.9 Å². The second-order valence-corrected chi connectivity index (χ2v) is 3.51. The molecule has 0 spiro atoms. The van der Waals surface area contributed by atoms with E-state index in [1.807, 2.05) is 0 Å². The summed E-state index contributed by atoms with van der Waals surface area (Å²) in [6.07, 6.45) is 0. The molecule has 5 heteroatoms. The van der Waals surface area contributed by atoms with Gasteiger partial charge < -0.3 is 9.72 Å². The first-order chi connectivity index (χ1) is 7.13. The Hall–Kier alpha value is -1.55. The van der Waals surface area contributed by atoms with Gasteiger partial charge >= 0.3 is 0 Å². The highest BCUT2D eigenvalue weighted by atomic mass is 35.5. The van der Waals surface area contributed by atoms with Gasteiger partial charge in [0.05, 0.1) is 23.0 Å². The molecule has 15 heavy (non-hydrogen) atoms. The summed E-state index contributed by atoms with van der Waals surface area (Å²) in [6, 6.07) is 3.40. The summed E-state index contributed by atoms with van der Waals surface area (Å²) in [5.41, 5.74) is 0.323. The lowest BCUT2D eigenvalue weighted by Crippen LogP contribution is -2.10. The normalized spacial score (nSPS) is 10.6. The van der Waals surface area contributed by atoms with Gasteiger partial charge in [-0.15, -0.1) is 0 Å². The minimum absolute atomic E-state index is 0.249. The third-order valence-corrected chi connectivity index (χ3v) is 2.49. The van der Waals surface area contributed by atoms with E-state index in [9.17, 15) is 4.79 Å². The number of H-pyrrole nitrogens is 1. The molecule has 0 aliphatic heterocycles. The molecule has 78 valence electrons. The third-order valence-electron chi connectivity index (χ3n) is 2.11. The maximum absolute atomic E-state index is 11.7. The lowest BCUT2D eigenvalue weighted by molar-refractivity contribution is 0.415. The van der Waals surface area contributed by atoms with E-state index in [0.29, 0.717) is 27.5 Å². The second kappa shape index (κ2) is 3.55. The number of halogens is 1. The molecule has 1 aromatic heterocycles. The third kappa shape index (κ3) is 1.57. The van der Waals surface area contributed by atoms with Gasteiger partial charge in [-0.2, -0.15) is 0 Å². The lowest BCUT2D eigenvalue weighted by Gasteiger charge is -2.05. The van der Waals surface area contributed by atoms with Gasteiger partial charge in [-0.3, -0.25) is 4.79 Å². The predicted octanol–water partition coefficient (Wildman–Crippen LogP) is 1.89. The lowest BCUT2D eigenvalue weighted by atomic mass is 10.2. The number of fused-ring (bicyclic) bond motifs is 1. The minimum Gasteiger partial charge on any atom is -0.495 e. The zero-order valence-corrected chi connectivity index (χ0v) is 9.05. The van der Waals surface area contributed by atoms with Crippen molar-refractivity contribution in [2.24, 2.45) is 0 Å². The van der Waals surface area contributed by atoms with Crippen molar-refractivity contribution in [3.8, 4) is 5.75 Å². The zero-order chi connectivity index (χ0) is 11.0. The Morgan fingerprint density at radius 2 is 2.20 bits per heavy atom. The van der Waals surface area contributed by atoms with Crippen molar-refractivity contribution >= 4 is 22.5 Å². The Labute approximate surface area is 90.9 Å². The van der Waals surface area contributed by atoms with Gasteiger partial charge in [0.25, 0.3) is 5.56 Å². The van der Waals surface area contributed by atoms with E-state index in [1.54, 1.807) is 19.1 Å². The molecule has 2 aromatic rings. The molecule has 0 atom stereocenters.